The summed E-state index contributed by atoms with van der Waals surface area (Å²) in [6.45, 7) is 6.64. The lowest BCUT2D eigenvalue weighted by Gasteiger charge is -2.19. The van der Waals surface area contributed by atoms with Crippen LogP contribution in [0.5, 0.6) is 0 Å². The molecule has 1 aromatic heterocycles. The molecular weight excluding hydrogens is 284 g/mol. The second kappa shape index (κ2) is 7.05. The van der Waals surface area contributed by atoms with Crippen LogP contribution in [-0.2, 0) is 20.7 Å². The second-order valence-electron chi connectivity index (χ2n) is 5.99. The number of fused-ring (bicyclic) bond motifs is 1. The number of thiophene rings is 1. The van der Waals surface area contributed by atoms with Crippen LogP contribution in [-0.4, -0.2) is 24.8 Å². The Balaban J connectivity index is 1.66. The molecule has 0 amide bonds. The van der Waals surface area contributed by atoms with Gasteiger partial charge in [0.2, 0.25) is 0 Å². The van der Waals surface area contributed by atoms with E-state index >= 15 is 0 Å². The van der Waals surface area contributed by atoms with Gasteiger partial charge in [0.15, 0.2) is 0 Å². The summed E-state index contributed by atoms with van der Waals surface area (Å²) in [7, 11) is 0. The quantitative estimate of drug-likeness (QED) is 0.593. The van der Waals surface area contributed by atoms with E-state index in [0.29, 0.717) is 19.6 Å². The molecule has 3 nitrogen and oxygen atoms in total. The average molecular weight is 306 g/mol. The predicted octanol–water partition coefficient (Wildman–Crippen LogP) is 4.19. The van der Waals surface area contributed by atoms with Crippen LogP contribution in [0.1, 0.15) is 32.8 Å². The first kappa shape index (κ1) is 16.0. The highest BCUT2D eigenvalue weighted by Gasteiger charge is 2.15. The van der Waals surface area contributed by atoms with Crippen molar-refractivity contribution in [2.24, 2.45) is 0 Å². The fourth-order valence-corrected chi connectivity index (χ4v) is 2.78. The number of benzene rings is 1. The fraction of sp³-hybridized carbons (Fsp3) is 0.471. The second-order valence-corrected chi connectivity index (χ2v) is 6.94. The molecule has 0 saturated carbocycles. The maximum absolute atomic E-state index is 11.5. The van der Waals surface area contributed by atoms with Crippen molar-refractivity contribution in [3.8, 4) is 0 Å². The predicted molar refractivity (Wildman–Crippen MR) is 86.8 cm³/mol. The van der Waals surface area contributed by atoms with Crippen molar-refractivity contribution in [3.63, 3.8) is 0 Å². The Morgan fingerprint density at radius 1 is 1.19 bits per heavy atom. The number of carbonyl (C=O) groups is 1. The van der Waals surface area contributed by atoms with Gasteiger partial charge in [-0.2, -0.15) is 0 Å². The molecule has 0 fully saturated rings. The van der Waals surface area contributed by atoms with Crippen LogP contribution in [0.25, 0.3) is 10.1 Å². The van der Waals surface area contributed by atoms with Crippen molar-refractivity contribution < 1.29 is 14.3 Å². The van der Waals surface area contributed by atoms with E-state index in [9.17, 15) is 4.79 Å². The summed E-state index contributed by atoms with van der Waals surface area (Å²) < 4.78 is 12.1. The van der Waals surface area contributed by atoms with Crippen LogP contribution in [0, 0.1) is 0 Å². The highest BCUT2D eigenvalue weighted by molar-refractivity contribution is 7.17. The van der Waals surface area contributed by atoms with Crippen molar-refractivity contribution in [1.29, 1.82) is 0 Å². The van der Waals surface area contributed by atoms with Gasteiger partial charge in [-0.1, -0.05) is 12.1 Å². The zero-order chi connectivity index (χ0) is 15.3. The van der Waals surface area contributed by atoms with Gasteiger partial charge in [0.1, 0.15) is 5.60 Å². The van der Waals surface area contributed by atoms with E-state index in [-0.39, 0.29) is 5.97 Å². The van der Waals surface area contributed by atoms with Gasteiger partial charge in [-0.25, -0.2) is 0 Å². The minimum absolute atomic E-state index is 0.206. The van der Waals surface area contributed by atoms with Gasteiger partial charge >= 0.3 is 5.97 Å². The van der Waals surface area contributed by atoms with Gasteiger partial charge < -0.3 is 9.47 Å². The Kier molecular flexibility index (Phi) is 5.37. The van der Waals surface area contributed by atoms with Crippen LogP contribution in [0.2, 0.25) is 0 Å². The molecule has 0 bridgehead atoms. The van der Waals surface area contributed by atoms with E-state index in [1.807, 2.05) is 20.8 Å². The third kappa shape index (κ3) is 5.48. The van der Waals surface area contributed by atoms with Crippen LogP contribution < -0.4 is 0 Å². The molecule has 2 aromatic rings. The SMILES string of the molecule is CC(C)(C)OC(=O)CCOCCc1ccc2sccc2c1. The van der Waals surface area contributed by atoms with E-state index in [1.165, 1.54) is 15.6 Å². The zero-order valence-corrected chi connectivity index (χ0v) is 13.7. The van der Waals surface area contributed by atoms with E-state index in [1.54, 1.807) is 11.3 Å². The summed E-state index contributed by atoms with van der Waals surface area (Å²) >= 11 is 1.75. The summed E-state index contributed by atoms with van der Waals surface area (Å²) in [6.07, 6.45) is 1.17. The number of esters is 1. The van der Waals surface area contributed by atoms with Gasteiger partial charge in [0.05, 0.1) is 19.6 Å². The number of hydrogen-bond acceptors (Lipinski definition) is 4. The van der Waals surface area contributed by atoms with Crippen LogP contribution in [0.3, 0.4) is 0 Å². The minimum Gasteiger partial charge on any atom is -0.460 e. The van der Waals surface area contributed by atoms with Crippen LogP contribution in [0.15, 0.2) is 29.6 Å². The Bertz CT molecular complexity index is 595. The van der Waals surface area contributed by atoms with Crippen molar-refractivity contribution in [2.45, 2.75) is 39.2 Å². The molecule has 21 heavy (non-hydrogen) atoms. The molecule has 0 aliphatic rings. The standard InChI is InChI=1S/C17H22O3S/c1-17(2,3)20-16(18)7-10-19-9-6-13-4-5-15-14(12-13)8-11-21-15/h4-5,8,11-12H,6-7,9-10H2,1-3H3. The molecule has 0 unspecified atom stereocenters. The van der Waals surface area contributed by atoms with Crippen LogP contribution >= 0.6 is 11.3 Å². The third-order valence-corrected chi connectivity index (χ3v) is 3.82. The zero-order valence-electron chi connectivity index (χ0n) is 12.8. The Morgan fingerprint density at radius 3 is 2.76 bits per heavy atom. The van der Waals surface area contributed by atoms with Crippen LogP contribution in [0.4, 0.5) is 0 Å². The lowest BCUT2D eigenvalue weighted by atomic mass is 10.1. The number of rotatable bonds is 6. The molecule has 0 atom stereocenters. The highest BCUT2D eigenvalue weighted by atomic mass is 32.1. The summed E-state index contributed by atoms with van der Waals surface area (Å²) in [5.41, 5.74) is 0.839. The lowest BCUT2D eigenvalue weighted by molar-refractivity contribution is -0.156. The summed E-state index contributed by atoms with van der Waals surface area (Å²) in [5, 5.41) is 3.39. The lowest BCUT2D eigenvalue weighted by Crippen LogP contribution is -2.24. The molecule has 1 aromatic carbocycles. The fourth-order valence-electron chi connectivity index (χ4n) is 2.01. The highest BCUT2D eigenvalue weighted by Crippen LogP contribution is 2.21. The normalized spacial score (nSPS) is 11.8. The minimum atomic E-state index is -0.424. The van der Waals surface area contributed by atoms with Gasteiger partial charge in [0, 0.05) is 4.70 Å². The van der Waals surface area contributed by atoms with Crippen molar-refractivity contribution in [1.82, 2.24) is 0 Å². The van der Waals surface area contributed by atoms with Crippen molar-refractivity contribution in [3.05, 3.63) is 35.2 Å². The van der Waals surface area contributed by atoms with E-state index < -0.39 is 5.60 Å². The first-order valence-electron chi connectivity index (χ1n) is 7.20. The summed E-state index contributed by atoms with van der Waals surface area (Å²) in [4.78, 5) is 11.5. The molecule has 0 aliphatic heterocycles. The third-order valence-electron chi connectivity index (χ3n) is 2.92. The summed E-state index contributed by atoms with van der Waals surface area (Å²) in [5.74, 6) is -0.206. The van der Waals surface area contributed by atoms with Gasteiger partial charge in [0.25, 0.3) is 0 Å². The molecule has 0 N–H and O–H groups in total. The van der Waals surface area contributed by atoms with Gasteiger partial charge in [-0.15, -0.1) is 11.3 Å². The smallest absolute Gasteiger partial charge is 0.308 e. The van der Waals surface area contributed by atoms with E-state index in [0.717, 1.165) is 6.42 Å². The van der Waals surface area contributed by atoms with E-state index in [2.05, 4.69) is 29.6 Å². The maximum Gasteiger partial charge on any atom is 0.308 e. The monoisotopic (exact) mass is 306 g/mol. The summed E-state index contributed by atoms with van der Waals surface area (Å²) in [6, 6.07) is 8.61. The molecule has 114 valence electrons. The number of hydrogen-bond donors (Lipinski definition) is 0. The largest absolute Gasteiger partial charge is 0.460 e. The number of carbonyl (C=O) groups excluding carboxylic acids is 1. The first-order chi connectivity index (χ1) is 9.94. The van der Waals surface area contributed by atoms with Crippen molar-refractivity contribution in [2.75, 3.05) is 13.2 Å². The van der Waals surface area contributed by atoms with E-state index in [4.69, 9.17) is 9.47 Å². The molecule has 0 spiro atoms. The van der Waals surface area contributed by atoms with Crippen molar-refractivity contribution >= 4 is 27.4 Å². The molecule has 4 heteroatoms. The molecule has 1 heterocycles. The average Bonchev–Trinajstić information content (AvgIpc) is 2.83. The number of ether oxygens (including phenoxy) is 2. The van der Waals surface area contributed by atoms with Gasteiger partial charge in [-0.3, -0.25) is 4.79 Å². The molecule has 0 saturated heterocycles. The molecule has 2 rings (SSSR count). The Morgan fingerprint density at radius 2 is 2.00 bits per heavy atom. The molecule has 0 radical (unpaired) electrons. The van der Waals surface area contributed by atoms with Gasteiger partial charge in [-0.05, 0) is 55.7 Å². The Labute approximate surface area is 129 Å². The topological polar surface area (TPSA) is 35.5 Å². The maximum atomic E-state index is 11.5. The molecular formula is C17H22O3S. The first-order valence-corrected chi connectivity index (χ1v) is 8.08. The molecule has 0 aliphatic carbocycles. The Hall–Kier alpha value is -1.39.